The topological polar surface area (TPSA) is 42.1 Å². The number of pyridine rings is 1. The molecular weight excluding hydrogens is 253 g/mol. The van der Waals surface area contributed by atoms with E-state index >= 15 is 0 Å². The van der Waals surface area contributed by atoms with Gasteiger partial charge in [-0.3, -0.25) is 4.98 Å². The Labute approximate surface area is 121 Å². The fourth-order valence-electron chi connectivity index (χ4n) is 2.96. The summed E-state index contributed by atoms with van der Waals surface area (Å²) in [6.07, 6.45) is 7.35. The zero-order valence-electron chi connectivity index (χ0n) is 12.6. The maximum atomic E-state index is 12.8. The Morgan fingerprint density at radius 1 is 1.35 bits per heavy atom. The predicted octanol–water partition coefficient (Wildman–Crippen LogP) is 3.12. The molecule has 0 saturated heterocycles. The van der Waals surface area contributed by atoms with Crippen LogP contribution in [0.15, 0.2) is 18.3 Å². The highest BCUT2D eigenvalue weighted by Gasteiger charge is 2.22. The minimum atomic E-state index is -0.311. The van der Waals surface area contributed by atoms with Crippen molar-refractivity contribution < 1.29 is 4.39 Å². The molecule has 1 aromatic heterocycles. The van der Waals surface area contributed by atoms with Crippen molar-refractivity contribution in [3.05, 3.63) is 29.8 Å². The summed E-state index contributed by atoms with van der Waals surface area (Å²) >= 11 is 0. The number of halogens is 1. The summed E-state index contributed by atoms with van der Waals surface area (Å²) in [5, 5.41) is 0. The minimum absolute atomic E-state index is 0.111. The Morgan fingerprint density at radius 3 is 2.65 bits per heavy atom. The van der Waals surface area contributed by atoms with Gasteiger partial charge in [-0.05, 0) is 63.7 Å². The van der Waals surface area contributed by atoms with Crippen LogP contribution in [0, 0.1) is 11.7 Å². The van der Waals surface area contributed by atoms with Crippen molar-refractivity contribution in [2.45, 2.75) is 51.1 Å². The first-order valence-electron chi connectivity index (χ1n) is 7.63. The average Bonchev–Trinajstić information content (AvgIpc) is 2.46. The lowest BCUT2D eigenvalue weighted by Gasteiger charge is -2.34. The van der Waals surface area contributed by atoms with Crippen molar-refractivity contribution >= 4 is 0 Å². The van der Waals surface area contributed by atoms with E-state index in [4.69, 9.17) is 5.73 Å². The van der Waals surface area contributed by atoms with Gasteiger partial charge in [-0.15, -0.1) is 0 Å². The Kier molecular flexibility index (Phi) is 5.49. The van der Waals surface area contributed by atoms with Crippen molar-refractivity contribution in [1.82, 2.24) is 9.88 Å². The van der Waals surface area contributed by atoms with Gasteiger partial charge in [-0.25, -0.2) is 4.39 Å². The predicted molar refractivity (Wildman–Crippen MR) is 79.8 cm³/mol. The zero-order chi connectivity index (χ0) is 14.5. The third-order valence-electron chi connectivity index (χ3n) is 4.53. The van der Waals surface area contributed by atoms with Gasteiger partial charge in [0.2, 0.25) is 0 Å². The molecule has 1 saturated carbocycles. The van der Waals surface area contributed by atoms with Crippen molar-refractivity contribution in [3.63, 3.8) is 0 Å². The van der Waals surface area contributed by atoms with Gasteiger partial charge in [0.05, 0.1) is 11.9 Å². The molecule has 1 unspecified atom stereocenters. The highest BCUT2D eigenvalue weighted by atomic mass is 19.1. The maximum Gasteiger partial charge on any atom is 0.141 e. The summed E-state index contributed by atoms with van der Waals surface area (Å²) in [5.41, 5.74) is 6.91. The quantitative estimate of drug-likeness (QED) is 0.900. The number of rotatable bonds is 5. The van der Waals surface area contributed by atoms with Gasteiger partial charge in [0.1, 0.15) is 5.82 Å². The summed E-state index contributed by atoms with van der Waals surface area (Å²) in [6.45, 7) is 3.31. The summed E-state index contributed by atoms with van der Waals surface area (Å²) in [6, 6.07) is 3.69. The Hall–Kier alpha value is -1.00. The van der Waals surface area contributed by atoms with Crippen LogP contribution in [0.25, 0.3) is 0 Å². The molecule has 1 heterocycles. The van der Waals surface area contributed by atoms with Gasteiger partial charge in [-0.2, -0.15) is 0 Å². The molecule has 0 radical (unpaired) electrons. The van der Waals surface area contributed by atoms with Crippen LogP contribution in [0.3, 0.4) is 0 Å². The first-order chi connectivity index (χ1) is 9.56. The second-order valence-corrected chi connectivity index (χ2v) is 6.19. The fourth-order valence-corrected chi connectivity index (χ4v) is 2.96. The maximum absolute atomic E-state index is 12.8. The molecule has 1 fully saturated rings. The third-order valence-corrected chi connectivity index (χ3v) is 4.53. The average molecular weight is 279 g/mol. The summed E-state index contributed by atoms with van der Waals surface area (Å²) in [4.78, 5) is 6.49. The molecule has 1 aliphatic rings. The largest absolute Gasteiger partial charge is 0.323 e. The molecule has 4 heteroatoms. The summed E-state index contributed by atoms with van der Waals surface area (Å²) in [7, 11) is 2.19. The van der Waals surface area contributed by atoms with E-state index in [1.807, 2.05) is 0 Å². The van der Waals surface area contributed by atoms with Crippen LogP contribution < -0.4 is 5.73 Å². The van der Waals surface area contributed by atoms with Crippen molar-refractivity contribution in [2.75, 3.05) is 13.6 Å². The van der Waals surface area contributed by atoms with Gasteiger partial charge in [0.15, 0.2) is 0 Å². The van der Waals surface area contributed by atoms with E-state index in [0.29, 0.717) is 6.04 Å². The number of aromatic nitrogens is 1. The molecule has 112 valence electrons. The smallest absolute Gasteiger partial charge is 0.141 e. The lowest BCUT2D eigenvalue weighted by atomic mass is 9.86. The number of nitrogens with two attached hydrogens (primary N) is 1. The van der Waals surface area contributed by atoms with Crippen LogP contribution in [0.1, 0.15) is 50.8 Å². The van der Waals surface area contributed by atoms with Crippen LogP contribution in [-0.2, 0) is 0 Å². The molecule has 2 rings (SSSR count). The van der Waals surface area contributed by atoms with E-state index in [-0.39, 0.29) is 11.9 Å². The van der Waals surface area contributed by atoms with E-state index in [1.165, 1.54) is 37.9 Å². The van der Waals surface area contributed by atoms with Crippen LogP contribution in [0.5, 0.6) is 0 Å². The first kappa shape index (κ1) is 15.4. The lowest BCUT2D eigenvalue weighted by Crippen LogP contribution is -2.36. The lowest BCUT2D eigenvalue weighted by molar-refractivity contribution is 0.166. The van der Waals surface area contributed by atoms with E-state index in [9.17, 15) is 4.39 Å². The normalized spacial score (nSPS) is 24.9. The van der Waals surface area contributed by atoms with Crippen LogP contribution in [-0.4, -0.2) is 29.5 Å². The monoisotopic (exact) mass is 279 g/mol. The minimum Gasteiger partial charge on any atom is -0.323 e. The summed E-state index contributed by atoms with van der Waals surface area (Å²) < 4.78 is 12.8. The molecule has 1 aliphatic carbocycles. The van der Waals surface area contributed by atoms with E-state index in [0.717, 1.165) is 24.6 Å². The Balaban J connectivity index is 1.77. The van der Waals surface area contributed by atoms with E-state index < -0.39 is 0 Å². The first-order valence-corrected chi connectivity index (χ1v) is 7.63. The van der Waals surface area contributed by atoms with Crippen molar-refractivity contribution in [2.24, 2.45) is 11.7 Å². The highest BCUT2D eigenvalue weighted by molar-refractivity contribution is 5.09. The third kappa shape index (κ3) is 4.25. The van der Waals surface area contributed by atoms with E-state index in [2.05, 4.69) is 23.9 Å². The second kappa shape index (κ2) is 7.14. The molecule has 20 heavy (non-hydrogen) atoms. The summed E-state index contributed by atoms with van der Waals surface area (Å²) in [5.74, 6) is 0.569. The molecule has 0 aromatic carbocycles. The molecule has 3 nitrogen and oxygen atoms in total. The van der Waals surface area contributed by atoms with Gasteiger partial charge in [0, 0.05) is 12.1 Å². The molecule has 1 atom stereocenters. The highest BCUT2D eigenvalue weighted by Crippen LogP contribution is 2.26. The SMILES string of the molecule is CC1CCC(N(C)CCC(N)c2ccc(F)cn2)CC1. The number of hydrogen-bond acceptors (Lipinski definition) is 3. The van der Waals surface area contributed by atoms with Crippen LogP contribution >= 0.6 is 0 Å². The standard InChI is InChI=1S/C16H26FN3/c1-12-3-6-14(7-4-12)20(2)10-9-15(18)16-8-5-13(17)11-19-16/h5,8,11-12,14-15H,3-4,6-7,9-10,18H2,1-2H3. The number of nitrogens with zero attached hydrogens (tertiary/aromatic N) is 2. The molecule has 0 amide bonds. The van der Waals surface area contributed by atoms with Gasteiger partial charge >= 0.3 is 0 Å². The van der Waals surface area contributed by atoms with Crippen LogP contribution in [0.2, 0.25) is 0 Å². The molecule has 1 aromatic rings. The molecule has 0 spiro atoms. The van der Waals surface area contributed by atoms with Crippen molar-refractivity contribution in [1.29, 1.82) is 0 Å². The fraction of sp³-hybridized carbons (Fsp3) is 0.688. The molecular formula is C16H26FN3. The number of hydrogen-bond donors (Lipinski definition) is 1. The zero-order valence-corrected chi connectivity index (χ0v) is 12.6. The van der Waals surface area contributed by atoms with Gasteiger partial charge in [0.25, 0.3) is 0 Å². The second-order valence-electron chi connectivity index (χ2n) is 6.19. The molecule has 0 bridgehead atoms. The van der Waals surface area contributed by atoms with Gasteiger partial charge in [-0.1, -0.05) is 6.92 Å². The Bertz CT molecular complexity index is 399. The Morgan fingerprint density at radius 2 is 2.05 bits per heavy atom. The molecule has 2 N–H and O–H groups in total. The van der Waals surface area contributed by atoms with Crippen LogP contribution in [0.4, 0.5) is 4.39 Å². The molecule has 0 aliphatic heterocycles. The van der Waals surface area contributed by atoms with Crippen molar-refractivity contribution in [3.8, 4) is 0 Å². The van der Waals surface area contributed by atoms with Gasteiger partial charge < -0.3 is 10.6 Å². The van der Waals surface area contributed by atoms with E-state index in [1.54, 1.807) is 6.07 Å².